The van der Waals surface area contributed by atoms with Crippen LogP contribution in [0.3, 0.4) is 0 Å². The average Bonchev–Trinajstić information content (AvgIpc) is 2.38. The lowest BCUT2D eigenvalue weighted by Crippen LogP contribution is -2.08. The highest BCUT2D eigenvalue weighted by atomic mass is 19.4. The van der Waals surface area contributed by atoms with Crippen LogP contribution in [0.2, 0.25) is 0 Å². The lowest BCUT2D eigenvalue weighted by atomic mass is 10.1. The predicted molar refractivity (Wildman–Crippen MR) is 74.7 cm³/mol. The minimum atomic E-state index is -4.40. The number of alkyl halides is 3. The topological polar surface area (TPSA) is 38.3 Å². The third-order valence-electron chi connectivity index (χ3n) is 2.59. The second-order valence-electron chi connectivity index (χ2n) is 4.38. The zero-order valence-electron chi connectivity index (χ0n) is 12.0. The third-order valence-corrected chi connectivity index (χ3v) is 2.59. The highest BCUT2D eigenvalue weighted by Crippen LogP contribution is 2.31. The van der Waals surface area contributed by atoms with Crippen LogP contribution >= 0.6 is 0 Å². The number of esters is 1. The van der Waals surface area contributed by atoms with E-state index in [0.717, 1.165) is 18.6 Å². The number of hydrogen-bond donors (Lipinski definition) is 1. The van der Waals surface area contributed by atoms with Crippen LogP contribution in [0.5, 0.6) is 0 Å². The molecular weight excluding hydrogens is 283 g/mol. The maximum Gasteiger partial charge on any atom is 0.416 e. The van der Waals surface area contributed by atoms with Crippen molar-refractivity contribution in [2.24, 2.45) is 0 Å². The minimum Gasteiger partial charge on any atom is -0.463 e. The molecule has 116 valence electrons. The lowest BCUT2D eigenvalue weighted by Gasteiger charge is -2.13. The van der Waals surface area contributed by atoms with Crippen molar-refractivity contribution < 1.29 is 22.7 Å². The number of hydrogen-bond acceptors (Lipinski definition) is 3. The van der Waals surface area contributed by atoms with Gasteiger partial charge in [-0.05, 0) is 31.5 Å². The molecule has 1 rings (SSSR count). The van der Waals surface area contributed by atoms with E-state index >= 15 is 0 Å². The van der Waals surface area contributed by atoms with Gasteiger partial charge in [0.25, 0.3) is 0 Å². The van der Waals surface area contributed by atoms with Crippen molar-refractivity contribution in [1.29, 1.82) is 0 Å². The molecule has 3 nitrogen and oxygen atoms in total. The van der Waals surface area contributed by atoms with Gasteiger partial charge in [-0.25, -0.2) is 4.79 Å². The molecule has 0 unspecified atom stereocenters. The summed E-state index contributed by atoms with van der Waals surface area (Å²) in [6.45, 7) is 3.84. The summed E-state index contributed by atoms with van der Waals surface area (Å²) in [5, 5.41) is 2.84. The molecule has 0 atom stereocenters. The molecule has 0 spiro atoms. The Balaban J connectivity index is 2.91. The van der Waals surface area contributed by atoms with Gasteiger partial charge in [-0.1, -0.05) is 19.4 Å². The second kappa shape index (κ2) is 7.71. The summed E-state index contributed by atoms with van der Waals surface area (Å²) in [5.74, 6) is -0.513. The fourth-order valence-corrected chi connectivity index (χ4v) is 1.72. The number of anilines is 1. The number of ether oxygens (including phenoxy) is 1. The van der Waals surface area contributed by atoms with E-state index < -0.39 is 17.7 Å². The molecule has 0 radical (unpaired) electrons. The monoisotopic (exact) mass is 301 g/mol. The second-order valence-corrected chi connectivity index (χ2v) is 4.38. The van der Waals surface area contributed by atoms with Crippen molar-refractivity contribution in [1.82, 2.24) is 0 Å². The van der Waals surface area contributed by atoms with E-state index in [2.05, 4.69) is 5.32 Å². The Morgan fingerprint density at radius 1 is 1.33 bits per heavy atom. The SMILES string of the molecule is CCC/C(=C\C(=O)OCC)Nc1cccc(C(F)(F)F)c1. The standard InChI is InChI=1S/C15H18F3NO2/c1-3-6-12(10-14(20)21-4-2)19-13-8-5-7-11(9-13)15(16,17)18/h5,7-10,19H,3-4,6H2,1-2H3/b12-10+. The van der Waals surface area contributed by atoms with E-state index in [1.807, 2.05) is 6.92 Å². The molecule has 0 saturated heterocycles. The number of rotatable bonds is 6. The minimum absolute atomic E-state index is 0.248. The molecule has 6 heteroatoms. The van der Waals surface area contributed by atoms with Crippen LogP contribution in [0.1, 0.15) is 32.3 Å². The molecular formula is C15H18F3NO2. The highest BCUT2D eigenvalue weighted by molar-refractivity contribution is 5.83. The maximum atomic E-state index is 12.6. The van der Waals surface area contributed by atoms with Crippen LogP contribution in [0.25, 0.3) is 0 Å². The Kier molecular flexibility index (Phi) is 6.27. The van der Waals surface area contributed by atoms with E-state index in [4.69, 9.17) is 4.74 Å². The van der Waals surface area contributed by atoms with E-state index in [9.17, 15) is 18.0 Å². The fraction of sp³-hybridized carbons (Fsp3) is 0.400. The van der Waals surface area contributed by atoms with Gasteiger partial charge in [-0.3, -0.25) is 0 Å². The number of nitrogens with one attached hydrogen (secondary N) is 1. The van der Waals surface area contributed by atoms with E-state index in [-0.39, 0.29) is 12.3 Å². The lowest BCUT2D eigenvalue weighted by molar-refractivity contribution is -0.138. The van der Waals surface area contributed by atoms with Gasteiger partial charge in [0.1, 0.15) is 0 Å². The highest BCUT2D eigenvalue weighted by Gasteiger charge is 2.30. The third kappa shape index (κ3) is 5.89. The largest absolute Gasteiger partial charge is 0.463 e. The molecule has 0 aromatic heterocycles. The smallest absolute Gasteiger partial charge is 0.416 e. The zero-order valence-corrected chi connectivity index (χ0v) is 12.0. The molecule has 0 fully saturated rings. The van der Waals surface area contributed by atoms with Gasteiger partial charge < -0.3 is 10.1 Å². The predicted octanol–water partition coefficient (Wildman–Crippen LogP) is 4.36. The van der Waals surface area contributed by atoms with Gasteiger partial charge in [-0.15, -0.1) is 0 Å². The van der Waals surface area contributed by atoms with E-state index in [0.29, 0.717) is 12.1 Å². The van der Waals surface area contributed by atoms with Crippen LogP contribution < -0.4 is 5.32 Å². The summed E-state index contributed by atoms with van der Waals surface area (Å²) in [7, 11) is 0. The van der Waals surface area contributed by atoms with E-state index in [1.54, 1.807) is 6.92 Å². The maximum absolute atomic E-state index is 12.6. The van der Waals surface area contributed by atoms with Gasteiger partial charge >= 0.3 is 12.1 Å². The number of carbonyl (C=O) groups excluding carboxylic acids is 1. The molecule has 0 aliphatic rings. The van der Waals surface area contributed by atoms with E-state index in [1.165, 1.54) is 18.2 Å². The van der Waals surface area contributed by atoms with Gasteiger partial charge in [0.05, 0.1) is 12.2 Å². The first-order chi connectivity index (χ1) is 9.86. The number of carbonyl (C=O) groups is 1. The van der Waals surface area contributed by atoms with Crippen molar-refractivity contribution in [2.45, 2.75) is 32.9 Å². The Morgan fingerprint density at radius 3 is 2.62 bits per heavy atom. The average molecular weight is 301 g/mol. The van der Waals surface area contributed by atoms with Crippen molar-refractivity contribution >= 4 is 11.7 Å². The van der Waals surface area contributed by atoms with Crippen LogP contribution in [-0.2, 0) is 15.7 Å². The summed E-state index contributed by atoms with van der Waals surface area (Å²) in [5.41, 5.74) is 0.0728. The molecule has 1 N–H and O–H groups in total. The first kappa shape index (κ1) is 17.1. The molecule has 1 aromatic rings. The molecule has 0 aliphatic carbocycles. The summed E-state index contributed by atoms with van der Waals surface area (Å²) >= 11 is 0. The molecule has 1 aromatic carbocycles. The Bertz CT molecular complexity index is 510. The normalized spacial score (nSPS) is 12.1. The van der Waals surface area contributed by atoms with Crippen molar-refractivity contribution in [3.8, 4) is 0 Å². The molecule has 0 amide bonds. The summed E-state index contributed by atoms with van der Waals surface area (Å²) in [6, 6.07) is 4.84. The van der Waals surface area contributed by atoms with Crippen molar-refractivity contribution in [2.75, 3.05) is 11.9 Å². The first-order valence-electron chi connectivity index (χ1n) is 6.68. The fourth-order valence-electron chi connectivity index (χ4n) is 1.72. The van der Waals surface area contributed by atoms with Gasteiger partial charge in [-0.2, -0.15) is 13.2 Å². The molecule has 0 bridgehead atoms. The molecule has 0 saturated carbocycles. The molecule has 21 heavy (non-hydrogen) atoms. The summed E-state index contributed by atoms with van der Waals surface area (Å²) in [6.07, 6.45) is -1.84. The number of halogens is 3. The molecule has 0 aliphatic heterocycles. The van der Waals surface area contributed by atoms with Crippen molar-refractivity contribution in [3.63, 3.8) is 0 Å². The first-order valence-corrected chi connectivity index (χ1v) is 6.68. The Morgan fingerprint density at radius 2 is 2.05 bits per heavy atom. The Labute approximate surface area is 121 Å². The van der Waals surface area contributed by atoms with Gasteiger partial charge in [0, 0.05) is 17.5 Å². The van der Waals surface area contributed by atoms with Gasteiger partial charge in [0.15, 0.2) is 0 Å². The number of benzene rings is 1. The van der Waals surface area contributed by atoms with Crippen LogP contribution in [-0.4, -0.2) is 12.6 Å². The molecule has 0 heterocycles. The van der Waals surface area contributed by atoms with Crippen LogP contribution in [0.15, 0.2) is 36.0 Å². The van der Waals surface area contributed by atoms with Crippen molar-refractivity contribution in [3.05, 3.63) is 41.6 Å². The van der Waals surface area contributed by atoms with Gasteiger partial charge in [0.2, 0.25) is 0 Å². The number of allylic oxidation sites excluding steroid dienone is 1. The van der Waals surface area contributed by atoms with Crippen LogP contribution in [0, 0.1) is 0 Å². The summed E-state index contributed by atoms with van der Waals surface area (Å²) in [4.78, 5) is 11.4. The van der Waals surface area contributed by atoms with Crippen LogP contribution in [0.4, 0.5) is 18.9 Å². The zero-order chi connectivity index (χ0) is 15.9. The quantitative estimate of drug-likeness (QED) is 0.626. The Hall–Kier alpha value is -1.98. The summed E-state index contributed by atoms with van der Waals surface area (Å²) < 4.78 is 42.7.